The summed E-state index contributed by atoms with van der Waals surface area (Å²) in [5.41, 5.74) is -0.0855. The first-order valence-corrected chi connectivity index (χ1v) is 6.37. The van der Waals surface area contributed by atoms with Gasteiger partial charge in [0, 0.05) is 6.54 Å². The quantitative estimate of drug-likeness (QED) is 0.687. The van der Waals surface area contributed by atoms with Gasteiger partial charge in [-0.2, -0.15) is 0 Å². The molecule has 0 radical (unpaired) electrons. The van der Waals surface area contributed by atoms with Crippen LogP contribution < -0.4 is 0 Å². The van der Waals surface area contributed by atoms with Gasteiger partial charge in [0.25, 0.3) is 0 Å². The molecule has 0 aliphatic heterocycles. The fourth-order valence-electron chi connectivity index (χ4n) is 1.09. The van der Waals surface area contributed by atoms with E-state index in [4.69, 9.17) is 9.47 Å². The van der Waals surface area contributed by atoms with Gasteiger partial charge in [0.05, 0.1) is 13.2 Å². The summed E-state index contributed by atoms with van der Waals surface area (Å²) in [5, 5.41) is 0. The highest BCUT2D eigenvalue weighted by Crippen LogP contribution is 2.13. The van der Waals surface area contributed by atoms with Crippen LogP contribution in [0, 0.1) is 5.41 Å². The van der Waals surface area contributed by atoms with Crippen LogP contribution in [0.3, 0.4) is 0 Å². The maximum absolute atomic E-state index is 11.7. The molecule has 0 bridgehead atoms. The summed E-state index contributed by atoms with van der Waals surface area (Å²) in [6.45, 7) is 10.7. The molecule has 0 aliphatic carbocycles. The predicted octanol–water partition coefficient (Wildman–Crippen LogP) is 2.44. The van der Waals surface area contributed by atoms with Crippen LogP contribution in [-0.2, 0) is 14.3 Å². The van der Waals surface area contributed by atoms with Crippen molar-refractivity contribution in [1.29, 1.82) is 0 Å². The first kappa shape index (κ1) is 16.7. The monoisotopic (exact) mass is 259 g/mol. The number of ether oxygens (including phenoxy) is 2. The smallest absolute Gasteiger partial charge is 0.410 e. The fraction of sp³-hybridized carbons (Fsp3) is 0.846. The molecule has 0 heterocycles. The molecule has 0 saturated heterocycles. The van der Waals surface area contributed by atoms with Gasteiger partial charge < -0.3 is 9.47 Å². The molecule has 0 atom stereocenters. The predicted molar refractivity (Wildman–Crippen MR) is 69.3 cm³/mol. The number of hydrogen-bond donors (Lipinski definition) is 0. The molecule has 18 heavy (non-hydrogen) atoms. The van der Waals surface area contributed by atoms with Crippen LogP contribution in [-0.4, -0.2) is 43.3 Å². The second kappa shape index (κ2) is 7.95. The number of hydrogen-bond acceptors (Lipinski definition) is 4. The lowest BCUT2D eigenvalue weighted by molar-refractivity contribution is -0.144. The molecule has 0 saturated carbocycles. The van der Waals surface area contributed by atoms with Gasteiger partial charge in [0.15, 0.2) is 0 Å². The Morgan fingerprint density at radius 3 is 2.17 bits per heavy atom. The summed E-state index contributed by atoms with van der Waals surface area (Å²) in [4.78, 5) is 24.5. The molecule has 5 heteroatoms. The first-order valence-electron chi connectivity index (χ1n) is 6.37. The number of nitrogens with zero attached hydrogens (tertiary/aromatic N) is 1. The van der Waals surface area contributed by atoms with Crippen LogP contribution >= 0.6 is 0 Å². The Bertz CT molecular complexity index is 271. The summed E-state index contributed by atoms with van der Waals surface area (Å²) < 4.78 is 10.1. The molecule has 0 spiro atoms. The van der Waals surface area contributed by atoms with Gasteiger partial charge in [0.2, 0.25) is 0 Å². The highest BCUT2D eigenvalue weighted by atomic mass is 16.6. The summed E-state index contributed by atoms with van der Waals surface area (Å²) in [6, 6.07) is 0. The maximum atomic E-state index is 11.7. The van der Waals surface area contributed by atoms with E-state index in [9.17, 15) is 9.59 Å². The van der Waals surface area contributed by atoms with Gasteiger partial charge in [0.1, 0.15) is 6.54 Å². The lowest BCUT2D eigenvalue weighted by atomic mass is 9.99. The molecule has 0 rings (SSSR count). The van der Waals surface area contributed by atoms with E-state index in [0.717, 1.165) is 6.42 Å². The van der Waals surface area contributed by atoms with Crippen molar-refractivity contribution in [3.63, 3.8) is 0 Å². The first-order chi connectivity index (χ1) is 8.30. The van der Waals surface area contributed by atoms with E-state index in [2.05, 4.69) is 0 Å². The lowest BCUT2D eigenvalue weighted by Crippen LogP contribution is -2.38. The maximum Gasteiger partial charge on any atom is 0.410 e. The zero-order valence-corrected chi connectivity index (χ0v) is 12.1. The van der Waals surface area contributed by atoms with E-state index in [1.165, 1.54) is 4.90 Å². The van der Waals surface area contributed by atoms with Gasteiger partial charge in [-0.15, -0.1) is 0 Å². The molecule has 1 amide bonds. The molecule has 0 fully saturated rings. The van der Waals surface area contributed by atoms with Gasteiger partial charge in [-0.25, -0.2) is 4.79 Å². The topological polar surface area (TPSA) is 55.8 Å². The van der Waals surface area contributed by atoms with Crippen molar-refractivity contribution < 1.29 is 19.1 Å². The van der Waals surface area contributed by atoms with Crippen LogP contribution in [0.5, 0.6) is 0 Å². The van der Waals surface area contributed by atoms with Crippen molar-refractivity contribution >= 4 is 12.1 Å². The van der Waals surface area contributed by atoms with Crippen molar-refractivity contribution in [3.8, 4) is 0 Å². The van der Waals surface area contributed by atoms with Gasteiger partial charge in [-0.3, -0.25) is 9.69 Å². The van der Waals surface area contributed by atoms with E-state index >= 15 is 0 Å². The molecule has 5 nitrogen and oxygen atoms in total. The van der Waals surface area contributed by atoms with Crippen LogP contribution in [0.1, 0.15) is 41.0 Å². The minimum atomic E-state index is -0.471. The van der Waals surface area contributed by atoms with Gasteiger partial charge in [-0.1, -0.05) is 27.7 Å². The van der Waals surface area contributed by atoms with Crippen LogP contribution in [0.4, 0.5) is 4.79 Å². The molecule has 0 aromatic carbocycles. The standard InChI is InChI=1S/C13H25NO4/c1-6-8-17-11(15)9-14(7-2)12(16)18-10-13(3,4)5/h6-10H2,1-5H3. The van der Waals surface area contributed by atoms with E-state index in [1.807, 2.05) is 27.7 Å². The van der Waals surface area contributed by atoms with Crippen molar-refractivity contribution in [3.05, 3.63) is 0 Å². The van der Waals surface area contributed by atoms with Gasteiger partial charge >= 0.3 is 12.1 Å². The zero-order valence-electron chi connectivity index (χ0n) is 12.1. The van der Waals surface area contributed by atoms with E-state index < -0.39 is 12.1 Å². The van der Waals surface area contributed by atoms with Crippen LogP contribution in [0.2, 0.25) is 0 Å². The number of esters is 1. The molecular formula is C13H25NO4. The number of likely N-dealkylation sites (N-methyl/N-ethyl adjacent to an activating group) is 1. The highest BCUT2D eigenvalue weighted by Gasteiger charge is 2.20. The average Bonchev–Trinajstić information content (AvgIpc) is 2.29. The van der Waals surface area contributed by atoms with E-state index in [0.29, 0.717) is 19.8 Å². The van der Waals surface area contributed by atoms with Crippen molar-refractivity contribution in [2.75, 3.05) is 26.3 Å². The van der Waals surface area contributed by atoms with Crippen LogP contribution in [0.25, 0.3) is 0 Å². The Kier molecular flexibility index (Phi) is 7.39. The largest absolute Gasteiger partial charge is 0.464 e. The molecule has 0 aliphatic rings. The fourth-order valence-corrected chi connectivity index (χ4v) is 1.09. The molecule has 0 unspecified atom stereocenters. The SMILES string of the molecule is CCCOC(=O)CN(CC)C(=O)OCC(C)(C)C. The number of carbonyl (C=O) groups excluding carboxylic acids is 2. The Hall–Kier alpha value is -1.26. The van der Waals surface area contributed by atoms with Crippen molar-refractivity contribution in [2.45, 2.75) is 41.0 Å². The summed E-state index contributed by atoms with van der Waals surface area (Å²) in [6.07, 6.45) is 0.299. The number of amides is 1. The van der Waals surface area contributed by atoms with Crippen LogP contribution in [0.15, 0.2) is 0 Å². The van der Waals surface area contributed by atoms with E-state index in [-0.39, 0.29) is 12.0 Å². The van der Waals surface area contributed by atoms with Crippen molar-refractivity contribution in [1.82, 2.24) is 4.90 Å². The Labute approximate surface area is 109 Å². The highest BCUT2D eigenvalue weighted by molar-refractivity contribution is 5.78. The number of rotatable bonds is 6. The minimum absolute atomic E-state index is 0.0561. The second-order valence-corrected chi connectivity index (χ2v) is 5.35. The summed E-state index contributed by atoms with van der Waals surface area (Å²) in [7, 11) is 0. The summed E-state index contributed by atoms with van der Waals surface area (Å²) >= 11 is 0. The molecule has 0 N–H and O–H groups in total. The minimum Gasteiger partial charge on any atom is -0.464 e. The Balaban J connectivity index is 4.15. The third-order valence-electron chi connectivity index (χ3n) is 2.06. The van der Waals surface area contributed by atoms with Gasteiger partial charge in [-0.05, 0) is 18.8 Å². The Morgan fingerprint density at radius 1 is 1.11 bits per heavy atom. The molecule has 106 valence electrons. The normalized spacial score (nSPS) is 10.9. The third kappa shape index (κ3) is 7.92. The molecule has 0 aromatic heterocycles. The second-order valence-electron chi connectivity index (χ2n) is 5.35. The number of carbonyl (C=O) groups is 2. The molecular weight excluding hydrogens is 234 g/mol. The average molecular weight is 259 g/mol. The third-order valence-corrected chi connectivity index (χ3v) is 2.06. The molecule has 0 aromatic rings. The van der Waals surface area contributed by atoms with Crippen molar-refractivity contribution in [2.24, 2.45) is 5.41 Å². The lowest BCUT2D eigenvalue weighted by Gasteiger charge is -2.23. The summed E-state index contributed by atoms with van der Waals surface area (Å²) in [5.74, 6) is -0.397. The Morgan fingerprint density at radius 2 is 1.72 bits per heavy atom. The van der Waals surface area contributed by atoms with E-state index in [1.54, 1.807) is 6.92 Å². The zero-order chi connectivity index (χ0) is 14.2.